The molecule has 292 valence electrons. The number of rotatable bonds is 18. The summed E-state index contributed by atoms with van der Waals surface area (Å²) in [7, 11) is 0. The fourth-order valence-corrected chi connectivity index (χ4v) is 6.39. The second-order valence-corrected chi connectivity index (χ2v) is 14.7. The van der Waals surface area contributed by atoms with E-state index in [1.54, 1.807) is 0 Å². The van der Waals surface area contributed by atoms with Crippen molar-refractivity contribution in [1.82, 2.24) is 10.6 Å². The zero-order valence-electron chi connectivity index (χ0n) is 31.1. The Morgan fingerprint density at radius 2 is 1.26 bits per heavy atom. The van der Waals surface area contributed by atoms with Gasteiger partial charge in [0.2, 0.25) is 0 Å². The van der Waals surface area contributed by atoms with Crippen molar-refractivity contribution in [3.05, 3.63) is 59.7 Å². The van der Waals surface area contributed by atoms with Crippen molar-refractivity contribution in [2.45, 2.75) is 76.6 Å². The second kappa shape index (κ2) is 19.0. The second-order valence-electron chi connectivity index (χ2n) is 14.7. The highest BCUT2D eigenvalue weighted by Crippen LogP contribution is 2.44. The Kier molecular flexibility index (Phi) is 14.5. The number of alkyl carbamates (subject to hydrolysis) is 2. The first-order valence-electron chi connectivity index (χ1n) is 18.4. The molecule has 1 aliphatic carbocycles. The van der Waals surface area contributed by atoms with Crippen LogP contribution in [0.4, 0.5) is 9.59 Å². The number of carboxylic acid groups (broad SMARTS) is 1. The van der Waals surface area contributed by atoms with Gasteiger partial charge in [-0.15, -0.1) is 0 Å². The number of carbonyl (C=O) groups excluding carboxylic acids is 2. The molecule has 2 heterocycles. The fourth-order valence-electron chi connectivity index (χ4n) is 6.39. The lowest BCUT2D eigenvalue weighted by Gasteiger charge is -2.35. The average molecular weight is 743 g/mol. The summed E-state index contributed by atoms with van der Waals surface area (Å²) in [5.41, 5.74) is 4.34. The number of ether oxygens (including phenoxy) is 8. The molecular weight excluding hydrogens is 688 g/mol. The zero-order valence-corrected chi connectivity index (χ0v) is 31.1. The number of hydrogen-bond donors (Lipinski definition) is 3. The number of carbonyl (C=O) groups is 3. The Morgan fingerprint density at radius 3 is 1.77 bits per heavy atom. The lowest BCUT2D eigenvalue weighted by molar-refractivity contribution is -0.267. The van der Waals surface area contributed by atoms with Gasteiger partial charge in [0, 0.05) is 24.3 Å². The fraction of sp³-hybridized carbons (Fsp3) is 0.615. The molecule has 2 aromatic carbocycles. The summed E-state index contributed by atoms with van der Waals surface area (Å²) in [5.74, 6) is -2.45. The molecule has 0 spiro atoms. The maximum absolute atomic E-state index is 12.7. The minimum atomic E-state index is -1.17. The van der Waals surface area contributed by atoms with Gasteiger partial charge in [-0.2, -0.15) is 0 Å². The van der Waals surface area contributed by atoms with Gasteiger partial charge in [0.25, 0.3) is 0 Å². The van der Waals surface area contributed by atoms with E-state index in [2.05, 4.69) is 10.6 Å². The molecule has 0 aromatic heterocycles. The van der Waals surface area contributed by atoms with Crippen molar-refractivity contribution < 1.29 is 57.4 Å². The minimum Gasteiger partial charge on any atom is -0.480 e. The summed E-state index contributed by atoms with van der Waals surface area (Å²) in [4.78, 5) is 37.3. The summed E-state index contributed by atoms with van der Waals surface area (Å²) in [6, 6.07) is 14.8. The van der Waals surface area contributed by atoms with Crippen LogP contribution < -0.4 is 10.6 Å². The molecule has 53 heavy (non-hydrogen) atoms. The average Bonchev–Trinajstić information content (AvgIpc) is 3.44. The van der Waals surface area contributed by atoms with E-state index < -0.39 is 41.9 Å². The highest BCUT2D eigenvalue weighted by atomic mass is 16.7. The number of carboxylic acids is 1. The summed E-state index contributed by atoms with van der Waals surface area (Å²) in [6.07, 6.45) is -1.10. The largest absolute Gasteiger partial charge is 0.480 e. The van der Waals surface area contributed by atoms with Crippen LogP contribution in [0.15, 0.2) is 48.5 Å². The van der Waals surface area contributed by atoms with Crippen LogP contribution >= 0.6 is 0 Å². The predicted octanol–water partition coefficient (Wildman–Crippen LogP) is 5.07. The van der Waals surface area contributed by atoms with Crippen molar-refractivity contribution >= 4 is 18.2 Å². The van der Waals surface area contributed by atoms with Gasteiger partial charge in [-0.3, -0.25) is 0 Å². The lowest BCUT2D eigenvalue weighted by Crippen LogP contribution is -2.42. The predicted molar refractivity (Wildman–Crippen MR) is 192 cm³/mol. The maximum Gasteiger partial charge on any atom is 0.407 e. The third kappa shape index (κ3) is 12.4. The number of unbranched alkanes of at least 4 members (excludes halogenated alkanes) is 1. The summed E-state index contributed by atoms with van der Waals surface area (Å²) >= 11 is 0. The number of hydrogen-bond acceptors (Lipinski definition) is 11. The van der Waals surface area contributed by atoms with Crippen LogP contribution in [-0.4, -0.2) is 113 Å². The molecule has 5 rings (SSSR count). The number of nitrogens with one attached hydrogen (secondary N) is 2. The van der Waals surface area contributed by atoms with E-state index in [1.807, 2.05) is 76.2 Å². The topological polar surface area (TPSA) is 169 Å². The molecule has 2 aromatic rings. The highest BCUT2D eigenvalue weighted by molar-refractivity contribution is 5.81. The van der Waals surface area contributed by atoms with E-state index in [9.17, 15) is 19.5 Å². The number of fused-ring (bicyclic) bond motifs is 3. The molecule has 0 radical (unpaired) electrons. The van der Waals surface area contributed by atoms with Crippen LogP contribution in [0, 0.1) is 11.8 Å². The van der Waals surface area contributed by atoms with Gasteiger partial charge in [-0.05, 0) is 69.2 Å². The molecule has 2 fully saturated rings. The monoisotopic (exact) mass is 742 g/mol. The van der Waals surface area contributed by atoms with Gasteiger partial charge in [0.05, 0.1) is 52.9 Å². The molecule has 1 unspecified atom stereocenters. The number of benzene rings is 2. The first-order chi connectivity index (χ1) is 25.4. The van der Waals surface area contributed by atoms with Gasteiger partial charge in [0.15, 0.2) is 17.7 Å². The molecule has 0 bridgehead atoms. The SMILES string of the molecule is CC1(C)OCC(COCC(COCC2COC(C)(C)OC2)OC(=O)NCCCCC(NC(=O)OCC2c3ccccc3-c3ccccc32)C(=O)O)CO1. The van der Waals surface area contributed by atoms with E-state index in [1.165, 1.54) is 0 Å². The Labute approximate surface area is 311 Å². The molecule has 14 nitrogen and oxygen atoms in total. The molecule has 3 N–H and O–H groups in total. The Balaban J connectivity index is 1.01. The number of aliphatic carboxylic acids is 1. The van der Waals surface area contributed by atoms with Crippen molar-refractivity contribution in [2.24, 2.45) is 11.8 Å². The lowest BCUT2D eigenvalue weighted by atomic mass is 9.98. The standard InChI is InChI=1S/C39H54N2O12/c1-38(2)49-19-26(20-50-38)17-46-23-28(24-47-18-27-21-51-39(3,4)52-22-27)53-36(44)40-16-10-9-15-34(35(42)43)41-37(45)48-25-33-31-13-7-5-11-29(31)30-12-6-8-14-32(30)33/h5-8,11-14,26-28,33-34H,9-10,15-25H2,1-4H3,(H,40,44)(H,41,45)(H,42,43). The van der Waals surface area contributed by atoms with Crippen molar-refractivity contribution in [3.8, 4) is 11.1 Å². The molecular formula is C39H54N2O12. The summed E-state index contributed by atoms with van der Waals surface area (Å²) < 4.78 is 45.7. The van der Waals surface area contributed by atoms with Gasteiger partial charge in [0.1, 0.15) is 12.6 Å². The van der Waals surface area contributed by atoms with E-state index >= 15 is 0 Å². The van der Waals surface area contributed by atoms with Crippen molar-refractivity contribution in [1.29, 1.82) is 0 Å². The van der Waals surface area contributed by atoms with Gasteiger partial charge in [-0.25, -0.2) is 14.4 Å². The van der Waals surface area contributed by atoms with Crippen molar-refractivity contribution in [2.75, 3.05) is 66.0 Å². The van der Waals surface area contributed by atoms with E-state index in [0.29, 0.717) is 52.5 Å². The van der Waals surface area contributed by atoms with E-state index in [-0.39, 0.29) is 50.5 Å². The summed E-state index contributed by atoms with van der Waals surface area (Å²) in [5, 5.41) is 14.9. The Bertz CT molecular complexity index is 1420. The molecule has 1 atom stereocenters. The van der Waals surface area contributed by atoms with Crippen molar-refractivity contribution in [3.63, 3.8) is 0 Å². The maximum atomic E-state index is 12.7. The summed E-state index contributed by atoms with van der Waals surface area (Å²) in [6.45, 7) is 10.7. The van der Waals surface area contributed by atoms with Crippen LogP contribution in [-0.2, 0) is 42.7 Å². The first kappa shape index (κ1) is 40.4. The molecule has 0 saturated carbocycles. The van der Waals surface area contributed by atoms with Crippen LogP contribution in [0.1, 0.15) is 64.0 Å². The van der Waals surface area contributed by atoms with Crippen LogP contribution in [0.25, 0.3) is 11.1 Å². The first-order valence-corrected chi connectivity index (χ1v) is 18.4. The van der Waals surface area contributed by atoms with Crippen LogP contribution in [0.2, 0.25) is 0 Å². The Morgan fingerprint density at radius 1 is 0.755 bits per heavy atom. The molecule has 2 aliphatic heterocycles. The molecule has 14 heteroatoms. The molecule has 3 aliphatic rings. The normalized spacial score (nSPS) is 18.9. The third-order valence-corrected chi connectivity index (χ3v) is 9.38. The zero-order chi connectivity index (χ0) is 37.8. The van der Waals surface area contributed by atoms with Gasteiger partial charge >= 0.3 is 18.2 Å². The van der Waals surface area contributed by atoms with E-state index in [4.69, 9.17) is 37.9 Å². The van der Waals surface area contributed by atoms with Crippen LogP contribution in [0.5, 0.6) is 0 Å². The van der Waals surface area contributed by atoms with Gasteiger partial charge in [-0.1, -0.05) is 48.5 Å². The number of amides is 2. The third-order valence-electron chi connectivity index (χ3n) is 9.38. The van der Waals surface area contributed by atoms with E-state index in [0.717, 1.165) is 22.3 Å². The minimum absolute atomic E-state index is 0.0478. The Hall–Kier alpha value is -3.79. The van der Waals surface area contributed by atoms with Crippen LogP contribution in [0.3, 0.4) is 0 Å². The molecule has 2 saturated heterocycles. The quantitative estimate of drug-likeness (QED) is 0.174. The smallest absolute Gasteiger partial charge is 0.407 e. The highest BCUT2D eigenvalue weighted by Gasteiger charge is 2.32. The molecule has 2 amide bonds. The van der Waals surface area contributed by atoms with Gasteiger partial charge < -0.3 is 53.6 Å².